The molecule has 0 aliphatic carbocycles. The van der Waals surface area contributed by atoms with E-state index in [1.54, 1.807) is 18.3 Å². The molecule has 20 heavy (non-hydrogen) atoms. The van der Waals surface area contributed by atoms with Crippen LogP contribution in [0.25, 0.3) is 0 Å². The van der Waals surface area contributed by atoms with Gasteiger partial charge in [-0.3, -0.25) is 4.79 Å². The van der Waals surface area contributed by atoms with Crippen LogP contribution in [0.3, 0.4) is 0 Å². The van der Waals surface area contributed by atoms with Crippen LogP contribution in [0, 0.1) is 6.92 Å². The van der Waals surface area contributed by atoms with Crippen molar-refractivity contribution in [3.8, 4) is 0 Å². The van der Waals surface area contributed by atoms with E-state index in [1.165, 1.54) is 0 Å². The predicted molar refractivity (Wildman–Crippen MR) is 85.4 cm³/mol. The molecule has 1 amide bonds. The molecule has 1 aromatic carbocycles. The number of hydrogen-bond acceptors (Lipinski definition) is 3. The quantitative estimate of drug-likeness (QED) is 0.935. The molecule has 5 heteroatoms. The van der Waals surface area contributed by atoms with E-state index >= 15 is 0 Å². The van der Waals surface area contributed by atoms with Gasteiger partial charge in [0.15, 0.2) is 0 Å². The molecule has 2 rings (SSSR count). The zero-order chi connectivity index (χ0) is 14.7. The smallest absolute Gasteiger partial charge is 0.259 e. The van der Waals surface area contributed by atoms with E-state index in [0.717, 1.165) is 15.7 Å². The van der Waals surface area contributed by atoms with Gasteiger partial charge in [0.2, 0.25) is 0 Å². The number of carbonyl (C=O) groups excluding carboxylic acids is 1. The van der Waals surface area contributed by atoms with Gasteiger partial charge in [-0.05, 0) is 42.8 Å². The Hall–Kier alpha value is -1.88. The van der Waals surface area contributed by atoms with Gasteiger partial charge in [-0.15, -0.1) is 0 Å². The van der Waals surface area contributed by atoms with E-state index in [4.69, 9.17) is 0 Å². The minimum Gasteiger partial charge on any atom is -0.362 e. The third kappa shape index (κ3) is 3.17. The van der Waals surface area contributed by atoms with Crippen LogP contribution in [-0.4, -0.2) is 25.0 Å². The van der Waals surface area contributed by atoms with Crippen molar-refractivity contribution in [1.29, 1.82) is 0 Å². The second-order valence-electron chi connectivity index (χ2n) is 4.68. The van der Waals surface area contributed by atoms with E-state index in [9.17, 15) is 4.79 Å². The van der Waals surface area contributed by atoms with Crippen LogP contribution >= 0.6 is 15.9 Å². The summed E-state index contributed by atoms with van der Waals surface area (Å²) in [4.78, 5) is 18.4. The van der Waals surface area contributed by atoms with Crippen molar-refractivity contribution in [3.05, 3.63) is 52.1 Å². The van der Waals surface area contributed by atoms with Crippen LogP contribution in [0.4, 0.5) is 11.5 Å². The molecule has 0 atom stereocenters. The Kier molecular flexibility index (Phi) is 4.39. The molecule has 0 aliphatic heterocycles. The topological polar surface area (TPSA) is 45.2 Å². The highest BCUT2D eigenvalue weighted by Gasteiger charge is 2.14. The third-order valence-electron chi connectivity index (χ3n) is 2.89. The summed E-state index contributed by atoms with van der Waals surface area (Å²) in [6.07, 6.45) is 1.68. The Balaban J connectivity index is 2.29. The monoisotopic (exact) mass is 333 g/mol. The predicted octanol–water partition coefficient (Wildman–Crippen LogP) is 3.47. The average molecular weight is 334 g/mol. The van der Waals surface area contributed by atoms with Crippen LogP contribution in [0.15, 0.2) is 41.0 Å². The summed E-state index contributed by atoms with van der Waals surface area (Å²) in [5.41, 5.74) is 2.36. The number of amides is 1. The number of carbonyl (C=O) groups is 1. The Morgan fingerprint density at radius 2 is 2.05 bits per heavy atom. The number of aryl methyl sites for hydroxylation is 1. The van der Waals surface area contributed by atoms with Crippen LogP contribution in [-0.2, 0) is 0 Å². The van der Waals surface area contributed by atoms with Crippen molar-refractivity contribution in [3.63, 3.8) is 0 Å². The highest BCUT2D eigenvalue weighted by molar-refractivity contribution is 9.10. The molecule has 0 unspecified atom stereocenters. The maximum Gasteiger partial charge on any atom is 0.259 e. The molecule has 4 nitrogen and oxygen atoms in total. The highest BCUT2D eigenvalue weighted by atomic mass is 79.9. The fourth-order valence-corrected chi connectivity index (χ4v) is 2.36. The molecule has 104 valence electrons. The summed E-state index contributed by atoms with van der Waals surface area (Å²) < 4.78 is 0.989. The molecule has 0 radical (unpaired) electrons. The number of hydrogen-bond donors (Lipinski definition) is 1. The van der Waals surface area contributed by atoms with Crippen molar-refractivity contribution < 1.29 is 4.79 Å². The summed E-state index contributed by atoms with van der Waals surface area (Å²) in [6.45, 7) is 1.95. The van der Waals surface area contributed by atoms with Gasteiger partial charge >= 0.3 is 0 Å². The van der Waals surface area contributed by atoms with Crippen LogP contribution in [0.1, 0.15) is 15.9 Å². The highest BCUT2D eigenvalue weighted by Crippen LogP contribution is 2.22. The zero-order valence-corrected chi connectivity index (χ0v) is 13.2. The Bertz CT molecular complexity index is 641. The van der Waals surface area contributed by atoms with Gasteiger partial charge in [0, 0.05) is 30.5 Å². The first-order valence-corrected chi connectivity index (χ1v) is 6.98. The zero-order valence-electron chi connectivity index (χ0n) is 11.6. The van der Waals surface area contributed by atoms with Crippen molar-refractivity contribution in [2.24, 2.45) is 0 Å². The number of aromatic nitrogens is 1. The summed E-state index contributed by atoms with van der Waals surface area (Å²) in [5, 5.41) is 2.92. The van der Waals surface area contributed by atoms with Crippen molar-refractivity contribution in [1.82, 2.24) is 4.98 Å². The number of anilines is 2. The van der Waals surface area contributed by atoms with E-state index in [-0.39, 0.29) is 5.91 Å². The molecule has 0 spiro atoms. The van der Waals surface area contributed by atoms with Gasteiger partial charge in [-0.25, -0.2) is 4.98 Å². The number of halogens is 1. The maximum absolute atomic E-state index is 12.4. The summed E-state index contributed by atoms with van der Waals surface area (Å²) >= 11 is 3.41. The minimum absolute atomic E-state index is 0.160. The van der Waals surface area contributed by atoms with Gasteiger partial charge in [0.1, 0.15) is 5.82 Å². The molecular formula is C15H16BrN3O. The first-order valence-electron chi connectivity index (χ1n) is 6.19. The second-order valence-corrected chi connectivity index (χ2v) is 5.60. The van der Waals surface area contributed by atoms with Gasteiger partial charge < -0.3 is 10.2 Å². The lowest BCUT2D eigenvalue weighted by Gasteiger charge is -2.16. The molecular weight excluding hydrogens is 318 g/mol. The summed E-state index contributed by atoms with van der Waals surface area (Å²) in [6, 6.07) is 9.27. The lowest BCUT2D eigenvalue weighted by atomic mass is 10.1. The molecule has 0 saturated carbocycles. The fraction of sp³-hybridized carbons (Fsp3) is 0.200. The van der Waals surface area contributed by atoms with Gasteiger partial charge in [-0.2, -0.15) is 0 Å². The molecule has 1 N–H and O–H groups in total. The van der Waals surface area contributed by atoms with Crippen LogP contribution in [0.5, 0.6) is 0 Å². The average Bonchev–Trinajstić information content (AvgIpc) is 2.41. The van der Waals surface area contributed by atoms with Gasteiger partial charge in [-0.1, -0.05) is 15.9 Å². The van der Waals surface area contributed by atoms with E-state index in [1.807, 2.05) is 44.1 Å². The first kappa shape index (κ1) is 14.5. The summed E-state index contributed by atoms with van der Waals surface area (Å²) in [7, 11) is 3.73. The lowest BCUT2D eigenvalue weighted by molar-refractivity contribution is 0.102. The lowest BCUT2D eigenvalue weighted by Crippen LogP contribution is -2.20. The fourth-order valence-electron chi connectivity index (χ4n) is 1.89. The van der Waals surface area contributed by atoms with E-state index in [2.05, 4.69) is 26.2 Å². The van der Waals surface area contributed by atoms with Crippen molar-refractivity contribution >= 4 is 33.3 Å². The van der Waals surface area contributed by atoms with Crippen molar-refractivity contribution in [2.75, 3.05) is 24.3 Å². The number of pyridine rings is 1. The van der Waals surface area contributed by atoms with E-state index < -0.39 is 0 Å². The molecule has 0 fully saturated rings. The Labute approximate surface area is 127 Å². The molecule has 1 heterocycles. The number of nitrogens with zero attached hydrogens (tertiary/aromatic N) is 2. The molecule has 0 aliphatic rings. The first-order chi connectivity index (χ1) is 9.49. The SMILES string of the molecule is Cc1cc(Br)ccc1NC(=O)c1cccnc1N(C)C. The Morgan fingerprint density at radius 3 is 2.70 bits per heavy atom. The Morgan fingerprint density at radius 1 is 1.30 bits per heavy atom. The van der Waals surface area contributed by atoms with Crippen LogP contribution in [0.2, 0.25) is 0 Å². The van der Waals surface area contributed by atoms with Gasteiger partial charge in [0.05, 0.1) is 5.56 Å². The molecule has 0 saturated heterocycles. The van der Waals surface area contributed by atoms with E-state index in [0.29, 0.717) is 11.4 Å². The number of nitrogens with one attached hydrogen (secondary N) is 1. The molecule has 2 aromatic rings. The molecule has 0 bridgehead atoms. The second kappa shape index (κ2) is 6.05. The molecule has 1 aromatic heterocycles. The van der Waals surface area contributed by atoms with Gasteiger partial charge in [0.25, 0.3) is 5.91 Å². The normalized spacial score (nSPS) is 10.2. The maximum atomic E-state index is 12.4. The number of rotatable bonds is 3. The minimum atomic E-state index is -0.160. The largest absolute Gasteiger partial charge is 0.362 e. The van der Waals surface area contributed by atoms with Crippen LogP contribution < -0.4 is 10.2 Å². The standard InChI is InChI=1S/C15H16BrN3O/c1-10-9-11(16)6-7-13(10)18-15(20)12-5-4-8-17-14(12)19(2)3/h4-9H,1-3H3,(H,18,20). The third-order valence-corrected chi connectivity index (χ3v) is 3.38. The number of benzene rings is 1. The summed E-state index contributed by atoms with van der Waals surface area (Å²) in [5.74, 6) is 0.493. The van der Waals surface area contributed by atoms with Crippen molar-refractivity contribution in [2.45, 2.75) is 6.92 Å².